The first-order valence-electron chi connectivity index (χ1n) is 5.86. The van der Waals surface area contributed by atoms with Crippen molar-refractivity contribution in [2.45, 2.75) is 26.8 Å². The molecule has 2 aromatic rings. The Bertz CT molecular complexity index is 607. The van der Waals surface area contributed by atoms with E-state index in [0.717, 1.165) is 5.69 Å². The number of aryl methyl sites for hydroxylation is 2. The van der Waals surface area contributed by atoms with Crippen molar-refractivity contribution in [3.05, 3.63) is 48.6 Å². The predicted octanol–water partition coefficient (Wildman–Crippen LogP) is 6.50. The molecule has 0 radical (unpaired) electrons. The Kier molecular flexibility index (Phi) is 4.67. The van der Waals surface area contributed by atoms with Crippen molar-refractivity contribution in [1.82, 2.24) is 0 Å². The first kappa shape index (κ1) is 15.0. The van der Waals surface area contributed by atoms with Crippen LogP contribution in [0.4, 0.5) is 5.69 Å². The summed E-state index contributed by atoms with van der Waals surface area (Å²) in [5, 5.41) is 4.92. The van der Waals surface area contributed by atoms with Gasteiger partial charge < -0.3 is 5.32 Å². The number of nitrogens with one attached hydrogen (secondary N) is 1. The number of rotatable bonds is 3. The van der Waals surface area contributed by atoms with Crippen molar-refractivity contribution in [2.75, 3.05) is 5.32 Å². The molecule has 0 saturated heterocycles. The van der Waals surface area contributed by atoms with Crippen LogP contribution in [0, 0.1) is 13.8 Å². The van der Waals surface area contributed by atoms with Crippen LogP contribution in [0.5, 0.6) is 0 Å². The zero-order valence-corrected chi connectivity index (χ0v) is 13.9. The quantitative estimate of drug-likeness (QED) is 0.632. The van der Waals surface area contributed by atoms with Crippen molar-refractivity contribution in [2.24, 2.45) is 0 Å². The molecule has 0 aliphatic heterocycles. The third kappa shape index (κ3) is 3.38. The fraction of sp³-hybridized carbons (Fsp3) is 0.286. The summed E-state index contributed by atoms with van der Waals surface area (Å²) in [5.41, 5.74) is 2.08. The van der Waals surface area contributed by atoms with Gasteiger partial charge in [0.1, 0.15) is 0 Å². The largest absolute Gasteiger partial charge is 0.377 e. The van der Waals surface area contributed by atoms with Crippen LogP contribution in [-0.2, 0) is 0 Å². The number of benzene rings is 1. The van der Waals surface area contributed by atoms with Crippen molar-refractivity contribution < 1.29 is 0 Å². The minimum absolute atomic E-state index is 0.166. The van der Waals surface area contributed by atoms with E-state index in [1.807, 2.05) is 0 Å². The van der Waals surface area contributed by atoms with Gasteiger partial charge in [0.05, 0.1) is 20.8 Å². The van der Waals surface area contributed by atoms with E-state index in [-0.39, 0.29) is 6.04 Å². The van der Waals surface area contributed by atoms with Crippen LogP contribution in [0.15, 0.2) is 18.2 Å². The van der Waals surface area contributed by atoms with E-state index in [9.17, 15) is 0 Å². The highest BCUT2D eigenvalue weighted by Crippen LogP contribution is 2.35. The molecule has 1 aromatic carbocycles. The fourth-order valence-corrected chi connectivity index (χ4v) is 3.65. The molecule has 0 aliphatic carbocycles. The van der Waals surface area contributed by atoms with E-state index < -0.39 is 0 Å². The van der Waals surface area contributed by atoms with Gasteiger partial charge in [-0.2, -0.15) is 0 Å². The lowest BCUT2D eigenvalue weighted by Gasteiger charge is -2.17. The zero-order chi connectivity index (χ0) is 14.2. The number of halogens is 3. The van der Waals surface area contributed by atoms with Gasteiger partial charge in [0, 0.05) is 15.8 Å². The summed E-state index contributed by atoms with van der Waals surface area (Å²) in [6, 6.07) is 5.78. The van der Waals surface area contributed by atoms with Crippen LogP contribution in [0.2, 0.25) is 15.1 Å². The maximum absolute atomic E-state index is 6.18. The van der Waals surface area contributed by atoms with Crippen LogP contribution < -0.4 is 5.32 Å². The van der Waals surface area contributed by atoms with Gasteiger partial charge in [0.2, 0.25) is 0 Å². The van der Waals surface area contributed by atoms with Gasteiger partial charge in [0.15, 0.2) is 0 Å². The van der Waals surface area contributed by atoms with E-state index in [1.54, 1.807) is 23.5 Å². The molecule has 1 unspecified atom stereocenters. The molecule has 1 aromatic heterocycles. The second-order valence-corrected chi connectivity index (χ2v) is 7.16. The minimum Gasteiger partial charge on any atom is -0.377 e. The Balaban J connectivity index is 2.26. The molecule has 19 heavy (non-hydrogen) atoms. The Labute approximate surface area is 132 Å². The summed E-state index contributed by atoms with van der Waals surface area (Å²) < 4.78 is 0. The van der Waals surface area contributed by atoms with Crippen molar-refractivity contribution in [3.8, 4) is 0 Å². The van der Waals surface area contributed by atoms with Crippen molar-refractivity contribution in [1.29, 1.82) is 0 Å². The average Bonchev–Trinajstić information content (AvgIpc) is 2.65. The van der Waals surface area contributed by atoms with Gasteiger partial charge in [0.25, 0.3) is 0 Å². The first-order valence-corrected chi connectivity index (χ1v) is 7.81. The minimum atomic E-state index is 0.166. The summed E-state index contributed by atoms with van der Waals surface area (Å²) in [5.74, 6) is 0. The Morgan fingerprint density at radius 2 is 1.63 bits per heavy atom. The van der Waals surface area contributed by atoms with E-state index in [4.69, 9.17) is 34.8 Å². The van der Waals surface area contributed by atoms with Crippen molar-refractivity contribution in [3.63, 3.8) is 0 Å². The summed E-state index contributed by atoms with van der Waals surface area (Å²) in [6.07, 6.45) is 0. The van der Waals surface area contributed by atoms with Crippen LogP contribution in [0.1, 0.15) is 28.3 Å². The van der Waals surface area contributed by atoms with Gasteiger partial charge in [-0.25, -0.2) is 0 Å². The Morgan fingerprint density at radius 1 is 1.00 bits per heavy atom. The predicted molar refractivity (Wildman–Crippen MR) is 87.3 cm³/mol. The van der Waals surface area contributed by atoms with E-state index in [0.29, 0.717) is 15.1 Å². The van der Waals surface area contributed by atoms with Gasteiger partial charge in [-0.15, -0.1) is 11.3 Å². The molecule has 5 heteroatoms. The van der Waals surface area contributed by atoms with Crippen LogP contribution in [-0.4, -0.2) is 0 Å². The summed E-state index contributed by atoms with van der Waals surface area (Å²) in [6.45, 7) is 6.34. The van der Waals surface area contributed by atoms with Crippen LogP contribution >= 0.6 is 46.1 Å². The maximum atomic E-state index is 6.18. The second-order valence-electron chi connectivity index (χ2n) is 4.48. The third-order valence-corrected chi connectivity index (χ3v) is 4.94. The third-order valence-electron chi connectivity index (χ3n) is 2.93. The molecule has 0 saturated carbocycles. The molecular weight excluding hydrogens is 321 g/mol. The maximum Gasteiger partial charge on any atom is 0.0653 e. The van der Waals surface area contributed by atoms with Crippen molar-refractivity contribution >= 4 is 51.8 Å². The van der Waals surface area contributed by atoms with Gasteiger partial charge in [-0.1, -0.05) is 34.8 Å². The van der Waals surface area contributed by atoms with Gasteiger partial charge in [-0.05, 0) is 44.5 Å². The smallest absolute Gasteiger partial charge is 0.0653 e. The number of hydrogen-bond donors (Lipinski definition) is 1. The highest BCUT2D eigenvalue weighted by atomic mass is 35.5. The summed E-state index contributed by atoms with van der Waals surface area (Å²) in [7, 11) is 0. The normalized spacial score (nSPS) is 12.5. The van der Waals surface area contributed by atoms with Crippen LogP contribution in [0.3, 0.4) is 0 Å². The number of anilines is 1. The van der Waals surface area contributed by atoms with E-state index in [1.165, 1.54) is 15.3 Å². The average molecular weight is 335 g/mol. The SMILES string of the molecule is Cc1cc(C(C)Nc2cc(Cl)c(Cl)cc2Cl)c(C)s1. The standard InChI is InChI=1S/C14H14Cl3NS/c1-7-4-10(9(3)19-7)8(2)18-14-6-12(16)11(15)5-13(14)17/h4-6,8,18H,1-3H3. The summed E-state index contributed by atoms with van der Waals surface area (Å²) >= 11 is 19.9. The molecule has 0 amide bonds. The molecule has 0 fully saturated rings. The lowest BCUT2D eigenvalue weighted by molar-refractivity contribution is 0.882. The highest BCUT2D eigenvalue weighted by Gasteiger charge is 2.13. The molecule has 1 nitrogen and oxygen atoms in total. The fourth-order valence-electron chi connectivity index (χ4n) is 2.02. The topological polar surface area (TPSA) is 12.0 Å². The molecule has 1 atom stereocenters. The van der Waals surface area contributed by atoms with E-state index in [2.05, 4.69) is 32.2 Å². The lowest BCUT2D eigenvalue weighted by atomic mass is 10.1. The number of hydrogen-bond acceptors (Lipinski definition) is 2. The molecular formula is C14H14Cl3NS. The molecule has 0 spiro atoms. The zero-order valence-electron chi connectivity index (χ0n) is 10.9. The van der Waals surface area contributed by atoms with Crippen LogP contribution in [0.25, 0.3) is 0 Å². The highest BCUT2D eigenvalue weighted by molar-refractivity contribution is 7.12. The molecule has 1 N–H and O–H groups in total. The molecule has 0 aliphatic rings. The summed E-state index contributed by atoms with van der Waals surface area (Å²) in [4.78, 5) is 2.62. The monoisotopic (exact) mass is 333 g/mol. The second kappa shape index (κ2) is 5.92. The van der Waals surface area contributed by atoms with Gasteiger partial charge in [-0.3, -0.25) is 0 Å². The number of thiophene rings is 1. The molecule has 2 rings (SSSR count). The molecule has 0 bridgehead atoms. The Morgan fingerprint density at radius 3 is 2.21 bits per heavy atom. The first-order chi connectivity index (χ1) is 8.88. The molecule has 1 heterocycles. The Hall–Kier alpha value is -0.410. The van der Waals surface area contributed by atoms with E-state index >= 15 is 0 Å². The lowest BCUT2D eigenvalue weighted by Crippen LogP contribution is -2.07. The van der Waals surface area contributed by atoms with Gasteiger partial charge >= 0.3 is 0 Å². The molecule has 102 valence electrons.